The first-order chi connectivity index (χ1) is 9.23. The number of hydrogen-bond donors (Lipinski definition) is 0. The van der Waals surface area contributed by atoms with Gasteiger partial charge in [0.25, 0.3) is 0 Å². The molecule has 0 aliphatic carbocycles. The van der Waals surface area contributed by atoms with Crippen LogP contribution in [-0.4, -0.2) is 36.2 Å². The van der Waals surface area contributed by atoms with E-state index in [0.29, 0.717) is 6.10 Å². The van der Waals surface area contributed by atoms with Crippen molar-refractivity contribution in [2.45, 2.75) is 37.4 Å². The van der Waals surface area contributed by atoms with Crippen molar-refractivity contribution in [3.05, 3.63) is 34.9 Å². The highest BCUT2D eigenvalue weighted by Crippen LogP contribution is 2.51. The van der Waals surface area contributed by atoms with Gasteiger partial charge >= 0.3 is 0 Å². The number of benzene rings is 1. The highest BCUT2D eigenvalue weighted by molar-refractivity contribution is 6.30. The molecular weight excluding hydrogens is 258 g/mol. The maximum absolute atomic E-state index is 6.22. The molecule has 3 heterocycles. The van der Waals surface area contributed by atoms with E-state index in [1.807, 2.05) is 12.1 Å². The topological polar surface area (TPSA) is 12.5 Å². The molecule has 2 bridgehead atoms. The molecule has 3 unspecified atom stereocenters. The highest BCUT2D eigenvalue weighted by Gasteiger charge is 2.57. The summed E-state index contributed by atoms with van der Waals surface area (Å²) in [4.78, 5) is 2.60. The molecule has 0 aromatic heterocycles. The Hall–Kier alpha value is -0.570. The Morgan fingerprint density at radius 3 is 2.89 bits per heavy atom. The molecule has 1 spiro atoms. The number of ether oxygens (including phenoxy) is 1. The third-order valence-corrected chi connectivity index (χ3v) is 5.43. The van der Waals surface area contributed by atoms with Gasteiger partial charge < -0.3 is 4.74 Å². The lowest BCUT2D eigenvalue weighted by molar-refractivity contribution is 0.00500. The second kappa shape index (κ2) is 4.47. The van der Waals surface area contributed by atoms with Gasteiger partial charge in [0.05, 0.1) is 11.7 Å². The van der Waals surface area contributed by atoms with Crippen LogP contribution in [0, 0.1) is 5.92 Å². The van der Waals surface area contributed by atoms with Gasteiger partial charge in [-0.25, -0.2) is 0 Å². The first-order valence-electron chi connectivity index (χ1n) is 7.38. The summed E-state index contributed by atoms with van der Waals surface area (Å²) < 4.78 is 6.22. The molecule has 3 fully saturated rings. The predicted octanol–water partition coefficient (Wildman–Crippen LogP) is 3.14. The van der Waals surface area contributed by atoms with E-state index in [4.69, 9.17) is 16.3 Å². The summed E-state index contributed by atoms with van der Waals surface area (Å²) in [5.41, 5.74) is 1.62. The van der Waals surface area contributed by atoms with E-state index in [-0.39, 0.29) is 5.60 Å². The maximum atomic E-state index is 6.22. The standard InChI is InChI=1S/C16H20ClNO/c17-14-3-1-12(2-4-14)6-8-18-10-13-9-15-5-7-16(13,11-18)19-15/h1-4,13,15H,5-11H2. The molecular formula is C16H20ClNO. The van der Waals surface area contributed by atoms with Crippen LogP contribution in [0.15, 0.2) is 24.3 Å². The van der Waals surface area contributed by atoms with Crippen molar-refractivity contribution < 1.29 is 4.74 Å². The van der Waals surface area contributed by atoms with Crippen LogP contribution in [-0.2, 0) is 11.2 Å². The molecule has 3 aliphatic rings. The Bertz CT molecular complexity index is 474. The van der Waals surface area contributed by atoms with E-state index in [0.717, 1.165) is 30.5 Å². The quantitative estimate of drug-likeness (QED) is 0.842. The van der Waals surface area contributed by atoms with Crippen molar-refractivity contribution in [2.24, 2.45) is 5.92 Å². The second-order valence-corrected chi connectivity index (χ2v) is 6.82. The van der Waals surface area contributed by atoms with Gasteiger partial charge in [-0.05, 0) is 43.4 Å². The van der Waals surface area contributed by atoms with Gasteiger partial charge in [-0.1, -0.05) is 23.7 Å². The molecule has 1 aromatic rings. The zero-order chi connectivity index (χ0) is 12.9. The van der Waals surface area contributed by atoms with E-state index in [2.05, 4.69) is 17.0 Å². The Kier molecular flexibility index (Phi) is 2.87. The molecule has 0 saturated carbocycles. The minimum Gasteiger partial charge on any atom is -0.370 e. The molecule has 2 nitrogen and oxygen atoms in total. The molecule has 102 valence electrons. The summed E-state index contributed by atoms with van der Waals surface area (Å²) in [5.74, 6) is 0.802. The van der Waals surface area contributed by atoms with E-state index < -0.39 is 0 Å². The average Bonchev–Trinajstić information content (AvgIpc) is 3.04. The first-order valence-corrected chi connectivity index (χ1v) is 7.76. The summed E-state index contributed by atoms with van der Waals surface area (Å²) in [6.07, 6.45) is 5.59. The Labute approximate surface area is 119 Å². The molecule has 4 rings (SSSR count). The lowest BCUT2D eigenvalue weighted by Crippen LogP contribution is -2.34. The van der Waals surface area contributed by atoms with Gasteiger partial charge in [0, 0.05) is 30.6 Å². The van der Waals surface area contributed by atoms with Crippen molar-refractivity contribution in [1.29, 1.82) is 0 Å². The summed E-state index contributed by atoms with van der Waals surface area (Å²) in [7, 11) is 0. The van der Waals surface area contributed by atoms with Gasteiger partial charge in [-0.15, -0.1) is 0 Å². The van der Waals surface area contributed by atoms with Crippen molar-refractivity contribution in [3.63, 3.8) is 0 Å². The zero-order valence-corrected chi connectivity index (χ0v) is 11.9. The molecule has 3 atom stereocenters. The molecule has 3 aliphatic heterocycles. The normalized spacial score (nSPS) is 36.9. The van der Waals surface area contributed by atoms with Crippen LogP contribution in [0.2, 0.25) is 5.02 Å². The summed E-state index contributed by atoms with van der Waals surface area (Å²) in [5, 5.41) is 0.823. The number of halogens is 1. The summed E-state index contributed by atoms with van der Waals surface area (Å²) >= 11 is 5.92. The van der Waals surface area contributed by atoms with E-state index in [1.54, 1.807) is 0 Å². The molecule has 3 heteroatoms. The molecule has 3 saturated heterocycles. The third kappa shape index (κ3) is 2.10. The number of likely N-dealkylation sites (tertiary alicyclic amines) is 1. The van der Waals surface area contributed by atoms with Gasteiger partial charge in [0.2, 0.25) is 0 Å². The van der Waals surface area contributed by atoms with E-state index >= 15 is 0 Å². The fourth-order valence-corrected chi connectivity index (χ4v) is 4.33. The van der Waals surface area contributed by atoms with Crippen molar-refractivity contribution in [3.8, 4) is 0 Å². The monoisotopic (exact) mass is 277 g/mol. The second-order valence-electron chi connectivity index (χ2n) is 6.39. The molecule has 0 radical (unpaired) electrons. The summed E-state index contributed by atoms with van der Waals surface area (Å²) in [6, 6.07) is 8.25. The van der Waals surface area contributed by atoms with Crippen LogP contribution in [0.3, 0.4) is 0 Å². The minimum absolute atomic E-state index is 0.241. The average molecular weight is 278 g/mol. The largest absolute Gasteiger partial charge is 0.370 e. The number of nitrogens with zero attached hydrogens (tertiary/aromatic N) is 1. The SMILES string of the molecule is Clc1ccc(CCN2CC3CC4CCC3(C2)O4)cc1. The predicted molar refractivity (Wildman–Crippen MR) is 76.5 cm³/mol. The lowest BCUT2D eigenvalue weighted by atomic mass is 9.81. The van der Waals surface area contributed by atoms with Crippen LogP contribution in [0.25, 0.3) is 0 Å². The molecule has 19 heavy (non-hydrogen) atoms. The third-order valence-electron chi connectivity index (χ3n) is 5.18. The Balaban J connectivity index is 1.36. The fraction of sp³-hybridized carbons (Fsp3) is 0.625. The van der Waals surface area contributed by atoms with Crippen molar-refractivity contribution in [1.82, 2.24) is 4.90 Å². The van der Waals surface area contributed by atoms with Crippen LogP contribution in [0.1, 0.15) is 24.8 Å². The van der Waals surface area contributed by atoms with Crippen LogP contribution >= 0.6 is 11.6 Å². The number of fused-ring (bicyclic) bond motifs is 1. The smallest absolute Gasteiger partial charge is 0.0854 e. The van der Waals surface area contributed by atoms with Crippen molar-refractivity contribution in [2.75, 3.05) is 19.6 Å². The van der Waals surface area contributed by atoms with Crippen LogP contribution in [0.5, 0.6) is 0 Å². The van der Waals surface area contributed by atoms with Crippen LogP contribution in [0.4, 0.5) is 0 Å². The van der Waals surface area contributed by atoms with Gasteiger partial charge in [-0.3, -0.25) is 4.90 Å². The lowest BCUT2D eigenvalue weighted by Gasteiger charge is -2.24. The first kappa shape index (κ1) is 12.2. The molecule has 0 amide bonds. The molecule has 1 aromatic carbocycles. The fourth-order valence-electron chi connectivity index (χ4n) is 4.20. The Morgan fingerprint density at radius 2 is 2.16 bits per heavy atom. The van der Waals surface area contributed by atoms with Crippen LogP contribution < -0.4 is 0 Å². The van der Waals surface area contributed by atoms with Gasteiger partial charge in [0.1, 0.15) is 0 Å². The number of rotatable bonds is 3. The minimum atomic E-state index is 0.241. The summed E-state index contributed by atoms with van der Waals surface area (Å²) in [6.45, 7) is 3.54. The maximum Gasteiger partial charge on any atom is 0.0854 e. The van der Waals surface area contributed by atoms with Gasteiger partial charge in [0.15, 0.2) is 0 Å². The Morgan fingerprint density at radius 1 is 1.32 bits per heavy atom. The van der Waals surface area contributed by atoms with Crippen molar-refractivity contribution >= 4 is 11.6 Å². The zero-order valence-electron chi connectivity index (χ0n) is 11.1. The molecule has 0 N–H and O–H groups in total. The number of hydrogen-bond acceptors (Lipinski definition) is 2. The van der Waals surface area contributed by atoms with Gasteiger partial charge in [-0.2, -0.15) is 0 Å². The highest BCUT2D eigenvalue weighted by atomic mass is 35.5. The van der Waals surface area contributed by atoms with E-state index in [9.17, 15) is 0 Å². The van der Waals surface area contributed by atoms with E-state index in [1.165, 1.54) is 31.4 Å².